The second-order valence-corrected chi connectivity index (χ2v) is 4.05. The molecule has 15 heavy (non-hydrogen) atoms. The monoisotopic (exact) mass is 208 g/mol. The highest BCUT2D eigenvalue weighted by atomic mass is 16.4. The maximum Gasteiger partial charge on any atom is 0.314 e. The number of rotatable bonds is 2. The van der Waals surface area contributed by atoms with Gasteiger partial charge in [0.2, 0.25) is 0 Å². The lowest BCUT2D eigenvalue weighted by atomic mass is 9.94. The van der Waals surface area contributed by atoms with Crippen LogP contribution in [0, 0.1) is 6.92 Å². The Morgan fingerprint density at radius 2 is 1.93 bits per heavy atom. The third-order valence-electron chi connectivity index (χ3n) is 2.99. The molecule has 0 aliphatic heterocycles. The maximum atomic E-state index is 11.0. The summed E-state index contributed by atoms with van der Waals surface area (Å²) in [6.07, 6.45) is 1.18. The molecule has 0 bridgehead atoms. The largest absolute Gasteiger partial charge is 0.504 e. The molecule has 1 fully saturated rings. The number of aromatic hydroxyl groups is 2. The van der Waals surface area contributed by atoms with E-state index < -0.39 is 11.4 Å². The first-order valence-electron chi connectivity index (χ1n) is 4.74. The van der Waals surface area contributed by atoms with E-state index >= 15 is 0 Å². The summed E-state index contributed by atoms with van der Waals surface area (Å²) in [7, 11) is 0. The molecular weight excluding hydrogens is 196 g/mol. The molecule has 3 N–H and O–H groups in total. The summed E-state index contributed by atoms with van der Waals surface area (Å²) in [6, 6.07) is 2.96. The van der Waals surface area contributed by atoms with E-state index in [9.17, 15) is 15.0 Å². The molecule has 0 spiro atoms. The van der Waals surface area contributed by atoms with E-state index in [0.717, 1.165) is 0 Å². The predicted octanol–water partition coefficient (Wildman–Crippen LogP) is 1.52. The van der Waals surface area contributed by atoms with Gasteiger partial charge in [-0.1, -0.05) is 6.07 Å². The van der Waals surface area contributed by atoms with Crippen LogP contribution in [0.5, 0.6) is 11.5 Å². The van der Waals surface area contributed by atoms with Gasteiger partial charge in [0.25, 0.3) is 0 Å². The molecular formula is C11H12O4. The molecule has 0 atom stereocenters. The summed E-state index contributed by atoms with van der Waals surface area (Å²) >= 11 is 0. The van der Waals surface area contributed by atoms with Crippen molar-refractivity contribution in [3.8, 4) is 11.5 Å². The molecule has 2 rings (SSSR count). The zero-order chi connectivity index (χ0) is 11.2. The van der Waals surface area contributed by atoms with Crippen LogP contribution in [0.1, 0.15) is 24.0 Å². The molecule has 0 aromatic heterocycles. The number of carboxylic acid groups (broad SMARTS) is 1. The van der Waals surface area contributed by atoms with Gasteiger partial charge in [0, 0.05) is 0 Å². The standard InChI is InChI=1S/C11H12O4/c1-6-4-7(5-8(12)9(6)13)11(2-3-11)10(14)15/h4-5,12-13H,2-3H2,1H3,(H,14,15). The minimum atomic E-state index is -0.869. The van der Waals surface area contributed by atoms with E-state index in [1.165, 1.54) is 6.07 Å². The molecule has 1 aliphatic rings. The van der Waals surface area contributed by atoms with E-state index in [-0.39, 0.29) is 11.5 Å². The van der Waals surface area contributed by atoms with Crippen molar-refractivity contribution in [1.82, 2.24) is 0 Å². The molecule has 0 radical (unpaired) electrons. The Morgan fingerprint density at radius 1 is 1.33 bits per heavy atom. The molecule has 4 heteroatoms. The van der Waals surface area contributed by atoms with Crippen molar-refractivity contribution in [2.24, 2.45) is 0 Å². The molecule has 1 saturated carbocycles. The predicted molar refractivity (Wildman–Crippen MR) is 53.1 cm³/mol. The van der Waals surface area contributed by atoms with E-state index in [4.69, 9.17) is 5.11 Å². The lowest BCUT2D eigenvalue weighted by Gasteiger charge is -2.12. The number of benzene rings is 1. The lowest BCUT2D eigenvalue weighted by molar-refractivity contribution is -0.140. The van der Waals surface area contributed by atoms with Gasteiger partial charge in [0.1, 0.15) is 0 Å². The highest BCUT2D eigenvalue weighted by Crippen LogP contribution is 2.50. The van der Waals surface area contributed by atoms with Crippen LogP contribution in [0.2, 0.25) is 0 Å². The summed E-state index contributed by atoms with van der Waals surface area (Å²) in [6.45, 7) is 1.64. The minimum absolute atomic E-state index is 0.181. The van der Waals surface area contributed by atoms with E-state index in [1.54, 1.807) is 13.0 Å². The number of carbonyl (C=O) groups is 1. The average Bonchev–Trinajstić information content (AvgIpc) is 2.93. The normalized spacial score (nSPS) is 17.4. The van der Waals surface area contributed by atoms with Crippen LogP contribution in [0.3, 0.4) is 0 Å². The van der Waals surface area contributed by atoms with E-state index in [2.05, 4.69) is 0 Å². The Labute approximate surface area is 86.8 Å². The number of carboxylic acids is 1. The van der Waals surface area contributed by atoms with Gasteiger partial charge in [-0.25, -0.2) is 0 Å². The topological polar surface area (TPSA) is 77.8 Å². The zero-order valence-electron chi connectivity index (χ0n) is 8.32. The van der Waals surface area contributed by atoms with Gasteiger partial charge in [-0.2, -0.15) is 0 Å². The van der Waals surface area contributed by atoms with Crippen LogP contribution in [0.25, 0.3) is 0 Å². The van der Waals surface area contributed by atoms with Crippen LogP contribution in [-0.2, 0) is 10.2 Å². The summed E-state index contributed by atoms with van der Waals surface area (Å²) in [5, 5.41) is 27.8. The van der Waals surface area contributed by atoms with Gasteiger partial charge >= 0.3 is 5.97 Å². The maximum absolute atomic E-state index is 11.0. The molecule has 0 saturated heterocycles. The van der Waals surface area contributed by atoms with E-state index in [1.807, 2.05) is 0 Å². The van der Waals surface area contributed by atoms with Crippen molar-refractivity contribution in [3.05, 3.63) is 23.3 Å². The summed E-state index contributed by atoms with van der Waals surface area (Å²) < 4.78 is 0. The summed E-state index contributed by atoms with van der Waals surface area (Å²) in [5.74, 6) is -1.30. The van der Waals surface area contributed by atoms with Crippen LogP contribution in [0.15, 0.2) is 12.1 Å². The Hall–Kier alpha value is -1.71. The van der Waals surface area contributed by atoms with Crippen LogP contribution in [-0.4, -0.2) is 21.3 Å². The zero-order valence-corrected chi connectivity index (χ0v) is 8.32. The third kappa shape index (κ3) is 1.33. The Bertz CT molecular complexity index is 409. The smallest absolute Gasteiger partial charge is 0.314 e. The van der Waals surface area contributed by atoms with Crippen molar-refractivity contribution in [2.45, 2.75) is 25.2 Å². The molecule has 4 nitrogen and oxygen atoms in total. The number of phenolic OH excluding ortho intramolecular Hbond substituents is 2. The van der Waals surface area contributed by atoms with E-state index in [0.29, 0.717) is 24.0 Å². The minimum Gasteiger partial charge on any atom is -0.504 e. The Balaban J connectivity index is 2.51. The van der Waals surface area contributed by atoms with Gasteiger partial charge in [-0.05, 0) is 37.0 Å². The summed E-state index contributed by atoms with van der Waals surface area (Å²) in [5.41, 5.74) is 0.232. The van der Waals surface area contributed by atoms with Gasteiger partial charge in [-0.3, -0.25) is 4.79 Å². The van der Waals surface area contributed by atoms with Crippen LogP contribution in [0.4, 0.5) is 0 Å². The number of aryl methyl sites for hydroxylation is 1. The number of hydrogen-bond donors (Lipinski definition) is 3. The van der Waals surface area contributed by atoms with Crippen LogP contribution < -0.4 is 0 Å². The van der Waals surface area contributed by atoms with Gasteiger partial charge in [-0.15, -0.1) is 0 Å². The first-order valence-corrected chi connectivity index (χ1v) is 4.74. The third-order valence-corrected chi connectivity index (χ3v) is 2.99. The molecule has 1 aromatic rings. The number of phenols is 2. The fourth-order valence-electron chi connectivity index (χ4n) is 1.79. The highest BCUT2D eigenvalue weighted by Gasteiger charge is 2.52. The number of aliphatic carboxylic acids is 1. The van der Waals surface area contributed by atoms with Crippen LogP contribution >= 0.6 is 0 Å². The second-order valence-electron chi connectivity index (χ2n) is 4.05. The van der Waals surface area contributed by atoms with Crippen molar-refractivity contribution in [3.63, 3.8) is 0 Å². The molecule has 0 amide bonds. The van der Waals surface area contributed by atoms with Crippen molar-refractivity contribution >= 4 is 5.97 Å². The molecule has 1 aliphatic carbocycles. The van der Waals surface area contributed by atoms with Gasteiger partial charge in [0.05, 0.1) is 5.41 Å². The highest BCUT2D eigenvalue weighted by molar-refractivity contribution is 5.85. The molecule has 0 unspecified atom stereocenters. The first kappa shape index (κ1) is 9.83. The molecule has 0 heterocycles. The number of hydrogen-bond acceptors (Lipinski definition) is 3. The Morgan fingerprint density at radius 3 is 2.33 bits per heavy atom. The molecule has 1 aromatic carbocycles. The SMILES string of the molecule is Cc1cc(C2(C(=O)O)CC2)cc(O)c1O. The second kappa shape index (κ2) is 2.89. The van der Waals surface area contributed by atoms with Gasteiger partial charge < -0.3 is 15.3 Å². The Kier molecular flexibility index (Phi) is 1.89. The fourth-order valence-corrected chi connectivity index (χ4v) is 1.79. The quantitative estimate of drug-likeness (QED) is 0.644. The van der Waals surface area contributed by atoms with Crippen molar-refractivity contribution < 1.29 is 20.1 Å². The summed E-state index contributed by atoms with van der Waals surface area (Å²) in [4.78, 5) is 11.0. The fraction of sp³-hybridized carbons (Fsp3) is 0.364. The molecule has 80 valence electrons. The van der Waals surface area contributed by atoms with Crippen molar-refractivity contribution in [2.75, 3.05) is 0 Å². The average molecular weight is 208 g/mol. The van der Waals surface area contributed by atoms with Gasteiger partial charge in [0.15, 0.2) is 11.5 Å². The lowest BCUT2D eigenvalue weighted by Crippen LogP contribution is -2.19. The first-order chi connectivity index (χ1) is 6.97. The van der Waals surface area contributed by atoms with Crippen molar-refractivity contribution in [1.29, 1.82) is 0 Å².